The second-order valence-corrected chi connectivity index (χ2v) is 3.89. The van der Waals surface area contributed by atoms with Gasteiger partial charge in [0.05, 0.1) is 4.92 Å². The minimum Gasteiger partial charge on any atom is -0.324 e. The van der Waals surface area contributed by atoms with E-state index in [0.717, 1.165) is 4.47 Å². The molecule has 0 fully saturated rings. The maximum Gasteiger partial charge on any atom is 0.274 e. The molecule has 0 aliphatic heterocycles. The van der Waals surface area contributed by atoms with Crippen LogP contribution < -0.4 is 5.73 Å². The zero-order valence-corrected chi connectivity index (χ0v) is 9.32. The molecular formula is C9H11BrN2O2. The molecule has 2 N–H and O–H groups in total. The number of halogens is 1. The third-order valence-electron chi connectivity index (χ3n) is 2.03. The SMILES string of the molecule is CC[C@@H](N)c1cc(Br)ccc1[N+](=O)[O-]. The lowest BCUT2D eigenvalue weighted by Crippen LogP contribution is -2.11. The first kappa shape index (κ1) is 11.1. The molecule has 0 bridgehead atoms. The molecule has 0 unspecified atom stereocenters. The van der Waals surface area contributed by atoms with E-state index in [1.54, 1.807) is 12.1 Å². The first-order valence-electron chi connectivity index (χ1n) is 4.25. The highest BCUT2D eigenvalue weighted by Crippen LogP contribution is 2.28. The van der Waals surface area contributed by atoms with Crippen LogP contribution in [0.5, 0.6) is 0 Å². The van der Waals surface area contributed by atoms with Gasteiger partial charge in [-0.05, 0) is 18.6 Å². The van der Waals surface area contributed by atoms with Crippen LogP contribution in [0.1, 0.15) is 24.9 Å². The summed E-state index contributed by atoms with van der Waals surface area (Å²) < 4.78 is 0.807. The standard InChI is InChI=1S/C9H11BrN2O2/c1-2-8(11)7-5-6(10)3-4-9(7)12(13)14/h3-5,8H,2,11H2,1H3/t8-/m1/s1. The molecular weight excluding hydrogens is 248 g/mol. The van der Waals surface area contributed by atoms with Gasteiger partial charge in [0.25, 0.3) is 5.69 Å². The molecule has 1 aromatic carbocycles. The van der Waals surface area contributed by atoms with Gasteiger partial charge in [0.1, 0.15) is 0 Å². The summed E-state index contributed by atoms with van der Waals surface area (Å²) in [5.74, 6) is 0. The molecule has 0 saturated carbocycles. The minimum absolute atomic E-state index is 0.0857. The summed E-state index contributed by atoms with van der Waals surface area (Å²) in [6.45, 7) is 1.90. The van der Waals surface area contributed by atoms with Gasteiger partial charge in [-0.2, -0.15) is 0 Å². The normalized spacial score (nSPS) is 12.5. The molecule has 0 spiro atoms. The van der Waals surface area contributed by atoms with Crippen molar-refractivity contribution in [2.24, 2.45) is 5.73 Å². The highest BCUT2D eigenvalue weighted by molar-refractivity contribution is 9.10. The average molecular weight is 259 g/mol. The van der Waals surface area contributed by atoms with Gasteiger partial charge in [0.15, 0.2) is 0 Å². The molecule has 0 heterocycles. The molecule has 0 saturated heterocycles. The van der Waals surface area contributed by atoms with Crippen LogP contribution in [-0.4, -0.2) is 4.92 Å². The van der Waals surface area contributed by atoms with E-state index in [2.05, 4.69) is 15.9 Å². The second-order valence-electron chi connectivity index (χ2n) is 2.97. The number of rotatable bonds is 3. The number of nitrogens with two attached hydrogens (primary N) is 1. The van der Waals surface area contributed by atoms with Gasteiger partial charge >= 0.3 is 0 Å². The third-order valence-corrected chi connectivity index (χ3v) is 2.52. The van der Waals surface area contributed by atoms with E-state index in [1.165, 1.54) is 6.07 Å². The molecule has 76 valence electrons. The molecule has 1 aromatic rings. The molecule has 14 heavy (non-hydrogen) atoms. The van der Waals surface area contributed by atoms with Crippen LogP contribution in [0.15, 0.2) is 22.7 Å². The van der Waals surface area contributed by atoms with Crippen molar-refractivity contribution in [1.82, 2.24) is 0 Å². The van der Waals surface area contributed by atoms with Gasteiger partial charge in [-0.1, -0.05) is 22.9 Å². The number of hydrogen-bond donors (Lipinski definition) is 1. The van der Waals surface area contributed by atoms with Gasteiger partial charge in [-0.3, -0.25) is 10.1 Å². The van der Waals surface area contributed by atoms with Gasteiger partial charge < -0.3 is 5.73 Å². The zero-order valence-electron chi connectivity index (χ0n) is 7.74. The van der Waals surface area contributed by atoms with Crippen LogP contribution in [0.25, 0.3) is 0 Å². The fourth-order valence-corrected chi connectivity index (χ4v) is 1.59. The van der Waals surface area contributed by atoms with Crippen molar-refractivity contribution < 1.29 is 4.92 Å². The van der Waals surface area contributed by atoms with Crippen molar-refractivity contribution in [3.05, 3.63) is 38.3 Å². The highest BCUT2D eigenvalue weighted by Gasteiger charge is 2.17. The Morgan fingerprint density at radius 1 is 1.64 bits per heavy atom. The Hall–Kier alpha value is -0.940. The van der Waals surface area contributed by atoms with Crippen molar-refractivity contribution in [3.8, 4) is 0 Å². The number of nitro groups is 1. The Bertz CT molecular complexity index is 355. The molecule has 1 rings (SSSR count). The predicted molar refractivity (Wildman–Crippen MR) is 58.0 cm³/mol. The predicted octanol–water partition coefficient (Wildman–Crippen LogP) is 2.77. The van der Waals surface area contributed by atoms with Crippen LogP contribution in [0.3, 0.4) is 0 Å². The summed E-state index contributed by atoms with van der Waals surface area (Å²) in [6.07, 6.45) is 0.678. The lowest BCUT2D eigenvalue weighted by Gasteiger charge is -2.09. The quantitative estimate of drug-likeness (QED) is 0.670. The Balaban J connectivity index is 3.22. The second kappa shape index (κ2) is 4.52. The van der Waals surface area contributed by atoms with Gasteiger partial charge in [0, 0.05) is 22.1 Å². The summed E-state index contributed by atoms with van der Waals surface area (Å²) >= 11 is 3.26. The van der Waals surface area contributed by atoms with E-state index < -0.39 is 4.92 Å². The van der Waals surface area contributed by atoms with Crippen LogP contribution >= 0.6 is 15.9 Å². The van der Waals surface area contributed by atoms with E-state index >= 15 is 0 Å². The van der Waals surface area contributed by atoms with E-state index in [1.807, 2.05) is 6.92 Å². The van der Waals surface area contributed by atoms with E-state index in [4.69, 9.17) is 5.73 Å². The maximum atomic E-state index is 10.7. The van der Waals surface area contributed by atoms with Crippen molar-refractivity contribution in [1.29, 1.82) is 0 Å². The highest BCUT2D eigenvalue weighted by atomic mass is 79.9. The Labute approximate surface area is 90.4 Å². The van der Waals surface area contributed by atoms with E-state index in [9.17, 15) is 10.1 Å². The summed E-state index contributed by atoms with van der Waals surface area (Å²) in [7, 11) is 0. The molecule has 4 nitrogen and oxygen atoms in total. The van der Waals surface area contributed by atoms with E-state index in [0.29, 0.717) is 12.0 Å². The fourth-order valence-electron chi connectivity index (χ4n) is 1.21. The third kappa shape index (κ3) is 2.30. The molecule has 0 aromatic heterocycles. The molecule has 5 heteroatoms. The summed E-state index contributed by atoms with van der Waals surface area (Å²) in [4.78, 5) is 10.3. The lowest BCUT2D eigenvalue weighted by molar-refractivity contribution is -0.385. The van der Waals surface area contributed by atoms with Crippen molar-refractivity contribution in [2.45, 2.75) is 19.4 Å². The smallest absolute Gasteiger partial charge is 0.274 e. The zero-order chi connectivity index (χ0) is 10.7. The molecule has 0 radical (unpaired) electrons. The minimum atomic E-state index is -0.405. The van der Waals surface area contributed by atoms with Gasteiger partial charge in [-0.15, -0.1) is 0 Å². The Kier molecular flexibility index (Phi) is 3.60. The van der Waals surface area contributed by atoms with Crippen LogP contribution in [0.4, 0.5) is 5.69 Å². The molecule has 1 atom stereocenters. The summed E-state index contributed by atoms with van der Waals surface area (Å²) in [5, 5.41) is 10.7. The average Bonchev–Trinajstić information content (AvgIpc) is 2.16. The van der Waals surface area contributed by atoms with E-state index in [-0.39, 0.29) is 11.7 Å². The van der Waals surface area contributed by atoms with Crippen molar-refractivity contribution >= 4 is 21.6 Å². The fraction of sp³-hybridized carbons (Fsp3) is 0.333. The Morgan fingerprint density at radius 3 is 2.79 bits per heavy atom. The lowest BCUT2D eigenvalue weighted by atomic mass is 10.0. The van der Waals surface area contributed by atoms with Gasteiger partial charge in [-0.25, -0.2) is 0 Å². The summed E-state index contributed by atoms with van der Waals surface area (Å²) in [5.41, 5.74) is 6.44. The van der Waals surface area contributed by atoms with Crippen LogP contribution in [0, 0.1) is 10.1 Å². The number of benzene rings is 1. The Morgan fingerprint density at radius 2 is 2.29 bits per heavy atom. The van der Waals surface area contributed by atoms with Crippen LogP contribution in [-0.2, 0) is 0 Å². The van der Waals surface area contributed by atoms with Crippen LogP contribution in [0.2, 0.25) is 0 Å². The summed E-state index contributed by atoms with van der Waals surface area (Å²) in [6, 6.07) is 4.53. The monoisotopic (exact) mass is 258 g/mol. The van der Waals surface area contributed by atoms with Crippen molar-refractivity contribution in [2.75, 3.05) is 0 Å². The van der Waals surface area contributed by atoms with Gasteiger partial charge in [0.2, 0.25) is 0 Å². The van der Waals surface area contributed by atoms with Crippen molar-refractivity contribution in [3.63, 3.8) is 0 Å². The molecule has 0 aliphatic rings. The largest absolute Gasteiger partial charge is 0.324 e. The first-order chi connectivity index (χ1) is 6.56. The topological polar surface area (TPSA) is 69.2 Å². The first-order valence-corrected chi connectivity index (χ1v) is 5.05. The number of nitrogens with zero attached hydrogens (tertiary/aromatic N) is 1. The molecule has 0 aliphatic carbocycles. The molecule has 0 amide bonds. The number of nitro benzene ring substituents is 1. The number of hydrogen-bond acceptors (Lipinski definition) is 3. The maximum absolute atomic E-state index is 10.7.